The molecule has 0 fully saturated rings. The summed E-state index contributed by atoms with van der Waals surface area (Å²) in [6, 6.07) is 12.1. The summed E-state index contributed by atoms with van der Waals surface area (Å²) in [5.74, 6) is 0. The minimum atomic E-state index is -5.34. The lowest BCUT2D eigenvalue weighted by molar-refractivity contribution is -0.0526. The van der Waals surface area contributed by atoms with Crippen LogP contribution in [-0.2, 0) is 14.3 Å². The molecule has 0 saturated carbocycles. The van der Waals surface area contributed by atoms with E-state index in [0.717, 1.165) is 5.52 Å². The van der Waals surface area contributed by atoms with Gasteiger partial charge in [-0.1, -0.05) is 38.1 Å². The average Bonchev–Trinajstić information content (AvgIpc) is 2.49. The number of halogens is 3. The molecule has 118 valence electrons. The van der Waals surface area contributed by atoms with Gasteiger partial charge in [0.25, 0.3) is 0 Å². The van der Waals surface area contributed by atoms with Gasteiger partial charge >= 0.3 is 15.6 Å². The molecule has 0 atom stereocenters. The zero-order chi connectivity index (χ0) is 16.5. The number of fused-ring (bicyclic) bond motifs is 1. The van der Waals surface area contributed by atoms with Crippen molar-refractivity contribution in [1.82, 2.24) is 4.98 Å². The Morgan fingerprint density at radius 3 is 2.00 bits per heavy atom. The molecule has 1 aromatic heterocycles. The molecule has 0 aliphatic heterocycles. The van der Waals surface area contributed by atoms with Crippen LogP contribution in [-0.4, -0.2) is 26.0 Å². The quantitative estimate of drug-likeness (QED) is 0.592. The lowest BCUT2D eigenvalue weighted by Crippen LogP contribution is -2.23. The third kappa shape index (κ3) is 6.09. The Morgan fingerprint density at radius 1 is 1.05 bits per heavy atom. The minimum absolute atomic E-state index is 0.447. The van der Waals surface area contributed by atoms with Crippen LogP contribution in [0.2, 0.25) is 0 Å². The Balaban J connectivity index is 0.000000344. The average molecular weight is 323 g/mol. The normalized spacial score (nSPS) is 11.0. The van der Waals surface area contributed by atoms with Crippen molar-refractivity contribution in [2.45, 2.75) is 19.4 Å². The molecule has 0 amide bonds. The fourth-order valence-electron chi connectivity index (χ4n) is 1.11. The number of alkyl halides is 3. The summed E-state index contributed by atoms with van der Waals surface area (Å²) in [4.78, 5) is 4.18. The summed E-state index contributed by atoms with van der Waals surface area (Å²) in [6.45, 7) is 4.00. The highest BCUT2D eigenvalue weighted by Crippen LogP contribution is 2.23. The summed E-state index contributed by atoms with van der Waals surface area (Å²) in [5, 5.41) is 1.20. The van der Waals surface area contributed by atoms with Gasteiger partial charge < -0.3 is 0 Å². The molecule has 0 saturated heterocycles. The third-order valence-electron chi connectivity index (χ3n) is 2.02. The van der Waals surface area contributed by atoms with Crippen molar-refractivity contribution in [2.24, 2.45) is 0 Å². The Labute approximate surface area is 121 Å². The van der Waals surface area contributed by atoms with E-state index in [-0.39, 0.29) is 0 Å². The molecular weight excluding hydrogens is 307 g/mol. The van der Waals surface area contributed by atoms with Gasteiger partial charge in [-0.15, -0.1) is 0 Å². The Bertz CT molecular complexity index is 577. The van der Waals surface area contributed by atoms with Crippen molar-refractivity contribution in [2.75, 3.05) is 7.11 Å². The molecule has 2 aromatic rings. The van der Waals surface area contributed by atoms with Crippen LogP contribution in [0.4, 0.5) is 13.2 Å². The number of nitrogens with zero attached hydrogens (tertiary/aromatic N) is 1. The van der Waals surface area contributed by atoms with Gasteiger partial charge in [0, 0.05) is 11.6 Å². The van der Waals surface area contributed by atoms with Crippen LogP contribution in [0.25, 0.3) is 10.9 Å². The predicted molar refractivity (Wildman–Crippen MR) is 75.1 cm³/mol. The first-order valence-electron chi connectivity index (χ1n) is 5.94. The second kappa shape index (κ2) is 8.58. The number of hydrogen-bond donors (Lipinski definition) is 0. The number of para-hydroxylation sites is 1. The minimum Gasteiger partial charge on any atom is -0.267 e. The third-order valence-corrected chi connectivity index (χ3v) is 3.02. The largest absolute Gasteiger partial charge is 0.523 e. The van der Waals surface area contributed by atoms with E-state index in [4.69, 9.17) is 0 Å². The summed E-state index contributed by atoms with van der Waals surface area (Å²) in [7, 11) is -4.89. The number of pyridine rings is 1. The fourth-order valence-corrected chi connectivity index (χ4v) is 1.30. The van der Waals surface area contributed by atoms with Gasteiger partial charge in [-0.25, -0.2) is 0 Å². The molecule has 1 heterocycles. The Kier molecular flexibility index (Phi) is 7.90. The first kappa shape index (κ1) is 19.3. The van der Waals surface area contributed by atoms with E-state index in [1.54, 1.807) is 0 Å². The number of benzene rings is 1. The zero-order valence-electron chi connectivity index (χ0n) is 11.8. The molecule has 0 unspecified atom stereocenters. The molecule has 2 rings (SSSR count). The molecule has 1 aromatic carbocycles. The van der Waals surface area contributed by atoms with E-state index in [2.05, 4.69) is 21.3 Å². The van der Waals surface area contributed by atoms with Crippen molar-refractivity contribution in [1.29, 1.82) is 0 Å². The summed E-state index contributed by atoms with van der Waals surface area (Å²) < 4.78 is 55.9. The highest BCUT2D eigenvalue weighted by molar-refractivity contribution is 7.87. The van der Waals surface area contributed by atoms with Crippen molar-refractivity contribution in [3.63, 3.8) is 0 Å². The maximum atomic E-state index is 11.1. The highest BCUT2D eigenvalue weighted by Gasteiger charge is 2.46. The topological polar surface area (TPSA) is 56.3 Å². The van der Waals surface area contributed by atoms with Gasteiger partial charge in [-0.3, -0.25) is 9.17 Å². The van der Waals surface area contributed by atoms with Gasteiger partial charge in [-0.2, -0.15) is 21.6 Å². The molecule has 21 heavy (non-hydrogen) atoms. The van der Waals surface area contributed by atoms with Crippen LogP contribution >= 0.6 is 0 Å². The van der Waals surface area contributed by atoms with Gasteiger partial charge in [0.1, 0.15) is 0 Å². The number of hydrogen-bond acceptors (Lipinski definition) is 4. The number of rotatable bonds is 1. The maximum Gasteiger partial charge on any atom is 0.523 e. The highest BCUT2D eigenvalue weighted by atomic mass is 32.2. The van der Waals surface area contributed by atoms with E-state index in [0.29, 0.717) is 7.11 Å². The van der Waals surface area contributed by atoms with E-state index in [1.165, 1.54) is 5.39 Å². The maximum absolute atomic E-state index is 11.1. The van der Waals surface area contributed by atoms with Crippen LogP contribution in [0.1, 0.15) is 13.8 Å². The van der Waals surface area contributed by atoms with Crippen molar-refractivity contribution < 1.29 is 25.8 Å². The molecule has 0 aliphatic carbocycles. The summed E-state index contributed by atoms with van der Waals surface area (Å²) >= 11 is 0. The summed E-state index contributed by atoms with van der Waals surface area (Å²) in [5.41, 5.74) is -4.24. The van der Waals surface area contributed by atoms with E-state index >= 15 is 0 Å². The molecule has 4 nitrogen and oxygen atoms in total. The van der Waals surface area contributed by atoms with Gasteiger partial charge in [0.15, 0.2) is 0 Å². The lowest BCUT2D eigenvalue weighted by Gasteiger charge is -2.02. The smallest absolute Gasteiger partial charge is 0.267 e. The molecular formula is C13H16F3NO3S. The molecule has 0 aliphatic rings. The number of aromatic nitrogens is 1. The fraction of sp³-hybridized carbons (Fsp3) is 0.308. The molecule has 0 N–H and O–H groups in total. The van der Waals surface area contributed by atoms with Crippen molar-refractivity contribution in [3.8, 4) is 0 Å². The lowest BCUT2D eigenvalue weighted by atomic mass is 10.2. The van der Waals surface area contributed by atoms with E-state index < -0.39 is 15.6 Å². The second-order valence-electron chi connectivity index (χ2n) is 3.26. The van der Waals surface area contributed by atoms with Crippen molar-refractivity contribution in [3.05, 3.63) is 42.6 Å². The Morgan fingerprint density at radius 2 is 1.57 bits per heavy atom. The van der Waals surface area contributed by atoms with Crippen molar-refractivity contribution >= 4 is 21.0 Å². The molecule has 0 spiro atoms. The molecule has 0 radical (unpaired) electrons. The van der Waals surface area contributed by atoms with Gasteiger partial charge in [0.05, 0.1) is 12.6 Å². The summed E-state index contributed by atoms with van der Waals surface area (Å²) in [6.07, 6.45) is 1.81. The van der Waals surface area contributed by atoms with E-state index in [1.807, 2.05) is 44.3 Å². The monoisotopic (exact) mass is 323 g/mol. The van der Waals surface area contributed by atoms with Crippen LogP contribution in [0.15, 0.2) is 42.6 Å². The van der Waals surface area contributed by atoms with Crippen LogP contribution in [0.3, 0.4) is 0 Å². The van der Waals surface area contributed by atoms with Crippen LogP contribution in [0.5, 0.6) is 0 Å². The van der Waals surface area contributed by atoms with Crippen LogP contribution < -0.4 is 0 Å². The van der Waals surface area contributed by atoms with Gasteiger partial charge in [-0.05, 0) is 12.1 Å². The van der Waals surface area contributed by atoms with Gasteiger partial charge in [0.2, 0.25) is 0 Å². The second-order valence-corrected chi connectivity index (χ2v) is 4.97. The SMILES string of the molecule is CC.COS(=O)(=O)C(F)(F)F.c1ccc2ncccc2c1. The zero-order valence-corrected chi connectivity index (χ0v) is 12.6. The Hall–Kier alpha value is -1.67. The molecule has 0 bridgehead atoms. The van der Waals surface area contributed by atoms with E-state index in [9.17, 15) is 21.6 Å². The first-order chi connectivity index (χ1) is 9.78. The standard InChI is InChI=1S/C9H7N.C2H3F3O3S.C2H6/c1-2-6-9-8(4-1)5-3-7-10-9;1-8-9(6,7)2(3,4)5;1-2/h1-7H;1H3;1-2H3. The molecule has 8 heteroatoms. The first-order valence-corrected chi connectivity index (χ1v) is 7.35. The predicted octanol–water partition coefficient (Wildman–Crippen LogP) is 3.74. The van der Waals surface area contributed by atoms with Crippen LogP contribution in [0, 0.1) is 0 Å².